The van der Waals surface area contributed by atoms with Gasteiger partial charge >= 0.3 is 0 Å². The lowest BCUT2D eigenvalue weighted by atomic mass is 10.0. The Morgan fingerprint density at radius 2 is 2.28 bits per heavy atom. The third-order valence-electron chi connectivity index (χ3n) is 3.62. The van der Waals surface area contributed by atoms with E-state index in [2.05, 4.69) is 11.0 Å². The molecular weight excluding hydrogens is 248 g/mol. The lowest BCUT2D eigenvalue weighted by Gasteiger charge is -2.35. The molecule has 2 N–H and O–H groups in total. The SMILES string of the molecule is COc1ccc(CN2CCCCC2CN)cc1Cl. The summed E-state index contributed by atoms with van der Waals surface area (Å²) < 4.78 is 5.17. The van der Waals surface area contributed by atoms with E-state index < -0.39 is 0 Å². The molecule has 0 spiro atoms. The van der Waals surface area contributed by atoms with E-state index in [9.17, 15) is 0 Å². The molecule has 0 radical (unpaired) electrons. The van der Waals surface area contributed by atoms with Crippen LogP contribution < -0.4 is 10.5 Å². The summed E-state index contributed by atoms with van der Waals surface area (Å²) in [5, 5.41) is 0.677. The van der Waals surface area contributed by atoms with Crippen molar-refractivity contribution < 1.29 is 4.74 Å². The van der Waals surface area contributed by atoms with Gasteiger partial charge in [0.2, 0.25) is 0 Å². The van der Waals surface area contributed by atoms with E-state index in [4.69, 9.17) is 22.1 Å². The Labute approximate surface area is 114 Å². The third kappa shape index (κ3) is 3.16. The van der Waals surface area contributed by atoms with Crippen LogP contribution in [0.25, 0.3) is 0 Å². The quantitative estimate of drug-likeness (QED) is 0.912. The lowest BCUT2D eigenvalue weighted by Crippen LogP contribution is -2.43. The van der Waals surface area contributed by atoms with Gasteiger partial charge in [0, 0.05) is 19.1 Å². The van der Waals surface area contributed by atoms with Crippen LogP contribution in [-0.2, 0) is 6.54 Å². The number of piperidine rings is 1. The number of ether oxygens (including phenoxy) is 1. The highest BCUT2D eigenvalue weighted by Crippen LogP contribution is 2.26. The molecule has 1 aromatic rings. The molecular formula is C14H21ClN2O. The minimum absolute atomic E-state index is 0.514. The van der Waals surface area contributed by atoms with Gasteiger partial charge in [0.15, 0.2) is 0 Å². The second-order valence-corrected chi connectivity index (χ2v) is 5.23. The molecule has 1 aliphatic heterocycles. The first kappa shape index (κ1) is 13.7. The molecule has 1 saturated heterocycles. The highest BCUT2D eigenvalue weighted by atomic mass is 35.5. The monoisotopic (exact) mass is 268 g/mol. The molecule has 100 valence electrons. The number of halogens is 1. The second kappa shape index (κ2) is 6.41. The topological polar surface area (TPSA) is 38.5 Å². The van der Waals surface area contributed by atoms with Gasteiger partial charge in [-0.3, -0.25) is 4.90 Å². The molecule has 0 aromatic heterocycles. The fraction of sp³-hybridized carbons (Fsp3) is 0.571. The van der Waals surface area contributed by atoms with Crippen molar-refractivity contribution >= 4 is 11.6 Å². The molecule has 1 heterocycles. The van der Waals surface area contributed by atoms with E-state index in [1.54, 1.807) is 7.11 Å². The Morgan fingerprint density at radius 3 is 2.94 bits per heavy atom. The van der Waals surface area contributed by atoms with Crippen LogP contribution >= 0.6 is 11.6 Å². The van der Waals surface area contributed by atoms with E-state index in [1.807, 2.05) is 12.1 Å². The Bertz CT molecular complexity index is 397. The van der Waals surface area contributed by atoms with Crippen LogP contribution in [0.5, 0.6) is 5.75 Å². The molecule has 1 aliphatic rings. The summed E-state index contributed by atoms with van der Waals surface area (Å²) in [6.45, 7) is 2.79. The Hall–Kier alpha value is -0.770. The van der Waals surface area contributed by atoms with Crippen LogP contribution in [0.4, 0.5) is 0 Å². The smallest absolute Gasteiger partial charge is 0.137 e. The summed E-state index contributed by atoms with van der Waals surface area (Å²) >= 11 is 6.15. The van der Waals surface area contributed by atoms with Gasteiger partial charge in [-0.15, -0.1) is 0 Å². The standard InChI is InChI=1S/C14H21ClN2O/c1-18-14-6-5-11(8-13(14)15)10-17-7-3-2-4-12(17)9-16/h5-6,8,12H,2-4,7,9-10,16H2,1H3. The van der Waals surface area contributed by atoms with Gasteiger partial charge in [0.05, 0.1) is 12.1 Å². The fourth-order valence-electron chi connectivity index (χ4n) is 2.58. The zero-order chi connectivity index (χ0) is 13.0. The number of benzene rings is 1. The molecule has 1 unspecified atom stereocenters. The molecule has 1 fully saturated rings. The summed E-state index contributed by atoms with van der Waals surface area (Å²) in [6.07, 6.45) is 3.77. The number of rotatable bonds is 4. The van der Waals surface area contributed by atoms with E-state index in [0.717, 1.165) is 25.4 Å². The normalized spacial score (nSPS) is 20.9. The van der Waals surface area contributed by atoms with Crippen molar-refractivity contribution in [3.63, 3.8) is 0 Å². The minimum atomic E-state index is 0.514. The number of likely N-dealkylation sites (tertiary alicyclic amines) is 1. The van der Waals surface area contributed by atoms with Crippen molar-refractivity contribution in [1.29, 1.82) is 0 Å². The first-order valence-electron chi connectivity index (χ1n) is 6.51. The molecule has 18 heavy (non-hydrogen) atoms. The number of hydrogen-bond acceptors (Lipinski definition) is 3. The average molecular weight is 269 g/mol. The van der Waals surface area contributed by atoms with Crippen molar-refractivity contribution in [1.82, 2.24) is 4.90 Å². The maximum atomic E-state index is 6.15. The molecule has 1 aromatic carbocycles. The molecule has 4 heteroatoms. The second-order valence-electron chi connectivity index (χ2n) is 4.82. The summed E-state index contributed by atoms with van der Waals surface area (Å²) in [6, 6.07) is 6.51. The van der Waals surface area contributed by atoms with Gasteiger partial charge < -0.3 is 10.5 Å². The summed E-state index contributed by atoms with van der Waals surface area (Å²) in [5.41, 5.74) is 7.06. The van der Waals surface area contributed by atoms with E-state index in [0.29, 0.717) is 11.1 Å². The summed E-state index contributed by atoms with van der Waals surface area (Å²) in [5.74, 6) is 0.731. The van der Waals surface area contributed by atoms with E-state index in [-0.39, 0.29) is 0 Å². The van der Waals surface area contributed by atoms with Gasteiger partial charge in [0.25, 0.3) is 0 Å². The average Bonchev–Trinajstić information content (AvgIpc) is 2.39. The fourth-order valence-corrected chi connectivity index (χ4v) is 2.86. The van der Waals surface area contributed by atoms with Gasteiger partial charge in [-0.05, 0) is 37.1 Å². The number of nitrogens with zero attached hydrogens (tertiary/aromatic N) is 1. The van der Waals surface area contributed by atoms with Crippen molar-refractivity contribution in [3.05, 3.63) is 28.8 Å². The van der Waals surface area contributed by atoms with Crippen LogP contribution in [0.2, 0.25) is 5.02 Å². The molecule has 0 aliphatic carbocycles. The van der Waals surface area contributed by atoms with Crippen LogP contribution in [0.1, 0.15) is 24.8 Å². The van der Waals surface area contributed by atoms with E-state index in [1.165, 1.54) is 24.8 Å². The predicted octanol–water partition coefficient (Wildman–Crippen LogP) is 2.66. The zero-order valence-corrected chi connectivity index (χ0v) is 11.6. The van der Waals surface area contributed by atoms with Crippen LogP contribution in [0.3, 0.4) is 0 Å². The first-order chi connectivity index (χ1) is 8.74. The van der Waals surface area contributed by atoms with Crippen LogP contribution in [0.15, 0.2) is 18.2 Å². The third-order valence-corrected chi connectivity index (χ3v) is 3.92. The molecule has 0 amide bonds. The Balaban J connectivity index is 2.05. The van der Waals surface area contributed by atoms with Crippen molar-refractivity contribution in [2.45, 2.75) is 31.8 Å². The molecule has 0 saturated carbocycles. The van der Waals surface area contributed by atoms with Crippen molar-refractivity contribution in [2.24, 2.45) is 5.73 Å². The Morgan fingerprint density at radius 1 is 1.44 bits per heavy atom. The number of hydrogen-bond donors (Lipinski definition) is 1. The molecule has 2 rings (SSSR count). The predicted molar refractivity (Wildman–Crippen MR) is 75.1 cm³/mol. The summed E-state index contributed by atoms with van der Waals surface area (Å²) in [4.78, 5) is 2.46. The maximum absolute atomic E-state index is 6.15. The number of nitrogens with two attached hydrogens (primary N) is 1. The zero-order valence-electron chi connectivity index (χ0n) is 10.9. The molecule has 1 atom stereocenters. The van der Waals surface area contributed by atoms with Crippen LogP contribution in [-0.4, -0.2) is 31.1 Å². The van der Waals surface area contributed by atoms with Gasteiger partial charge in [-0.2, -0.15) is 0 Å². The van der Waals surface area contributed by atoms with Crippen LogP contribution in [0, 0.1) is 0 Å². The first-order valence-corrected chi connectivity index (χ1v) is 6.89. The van der Waals surface area contributed by atoms with Gasteiger partial charge in [0.1, 0.15) is 5.75 Å². The van der Waals surface area contributed by atoms with Gasteiger partial charge in [-0.25, -0.2) is 0 Å². The largest absolute Gasteiger partial charge is 0.495 e. The number of methoxy groups -OCH3 is 1. The highest BCUT2D eigenvalue weighted by Gasteiger charge is 2.21. The minimum Gasteiger partial charge on any atom is -0.495 e. The lowest BCUT2D eigenvalue weighted by molar-refractivity contribution is 0.145. The van der Waals surface area contributed by atoms with Crippen molar-refractivity contribution in [2.75, 3.05) is 20.2 Å². The van der Waals surface area contributed by atoms with Gasteiger partial charge in [-0.1, -0.05) is 24.1 Å². The highest BCUT2D eigenvalue weighted by molar-refractivity contribution is 6.32. The molecule has 3 nitrogen and oxygen atoms in total. The maximum Gasteiger partial charge on any atom is 0.137 e. The molecule has 0 bridgehead atoms. The summed E-state index contributed by atoms with van der Waals surface area (Å²) in [7, 11) is 1.63. The Kier molecular flexibility index (Phi) is 4.87. The van der Waals surface area contributed by atoms with Crippen molar-refractivity contribution in [3.8, 4) is 5.75 Å². The van der Waals surface area contributed by atoms with E-state index >= 15 is 0 Å².